The molecule has 1 aromatic rings. The van der Waals surface area contributed by atoms with E-state index in [1.165, 1.54) is 6.33 Å². The van der Waals surface area contributed by atoms with Crippen molar-refractivity contribution in [2.45, 2.75) is 13.5 Å². The molecule has 1 rings (SSSR count). The van der Waals surface area contributed by atoms with Crippen molar-refractivity contribution in [1.29, 1.82) is 0 Å². The van der Waals surface area contributed by atoms with Gasteiger partial charge in [-0.3, -0.25) is 0 Å². The lowest BCUT2D eigenvalue weighted by atomic mass is 10.2. The summed E-state index contributed by atoms with van der Waals surface area (Å²) in [5, 5.41) is 12.0. The molecule has 4 nitrogen and oxygen atoms in total. The van der Waals surface area contributed by atoms with Crippen LogP contribution < -0.4 is 5.32 Å². The van der Waals surface area contributed by atoms with Crippen molar-refractivity contribution in [1.82, 2.24) is 15.3 Å². The molecule has 0 fully saturated rings. The van der Waals surface area contributed by atoms with Gasteiger partial charge in [0, 0.05) is 37.7 Å². The lowest BCUT2D eigenvalue weighted by Crippen LogP contribution is -2.22. The SMILES string of the molecule is CC(CO)CNCc1cncnc1. The summed E-state index contributed by atoms with van der Waals surface area (Å²) >= 11 is 0. The average Bonchev–Trinajstić information content (AvgIpc) is 2.19. The first-order valence-corrected chi connectivity index (χ1v) is 4.38. The molecule has 4 heteroatoms. The van der Waals surface area contributed by atoms with Gasteiger partial charge in [-0.15, -0.1) is 0 Å². The molecule has 1 heterocycles. The van der Waals surface area contributed by atoms with E-state index in [-0.39, 0.29) is 6.61 Å². The Morgan fingerprint density at radius 3 is 2.77 bits per heavy atom. The lowest BCUT2D eigenvalue weighted by molar-refractivity contribution is 0.233. The second-order valence-electron chi connectivity index (χ2n) is 3.17. The number of nitrogens with zero attached hydrogens (tertiary/aromatic N) is 2. The molecule has 0 saturated heterocycles. The highest BCUT2D eigenvalue weighted by Crippen LogP contribution is 1.93. The molecular formula is C9H15N3O. The number of aromatic nitrogens is 2. The van der Waals surface area contributed by atoms with Gasteiger partial charge < -0.3 is 10.4 Å². The summed E-state index contributed by atoms with van der Waals surface area (Å²) in [6.07, 6.45) is 5.08. The van der Waals surface area contributed by atoms with Crippen molar-refractivity contribution >= 4 is 0 Å². The third kappa shape index (κ3) is 3.96. The van der Waals surface area contributed by atoms with Crippen molar-refractivity contribution in [3.63, 3.8) is 0 Å². The van der Waals surface area contributed by atoms with Crippen molar-refractivity contribution in [3.05, 3.63) is 24.3 Å². The van der Waals surface area contributed by atoms with E-state index < -0.39 is 0 Å². The van der Waals surface area contributed by atoms with Gasteiger partial charge >= 0.3 is 0 Å². The third-order valence-electron chi connectivity index (χ3n) is 1.75. The zero-order valence-corrected chi connectivity index (χ0v) is 7.77. The fourth-order valence-corrected chi connectivity index (χ4v) is 0.949. The van der Waals surface area contributed by atoms with Gasteiger partial charge in [-0.2, -0.15) is 0 Å². The van der Waals surface area contributed by atoms with E-state index in [4.69, 9.17) is 5.11 Å². The normalized spacial score (nSPS) is 12.8. The first-order chi connectivity index (χ1) is 6.33. The van der Waals surface area contributed by atoms with Crippen LogP contribution in [0.15, 0.2) is 18.7 Å². The van der Waals surface area contributed by atoms with E-state index >= 15 is 0 Å². The highest BCUT2D eigenvalue weighted by molar-refractivity contribution is 5.01. The van der Waals surface area contributed by atoms with Gasteiger partial charge in [-0.05, 0) is 5.92 Å². The Bertz CT molecular complexity index is 228. The second kappa shape index (κ2) is 5.61. The maximum atomic E-state index is 8.77. The summed E-state index contributed by atoms with van der Waals surface area (Å²) in [5.74, 6) is 0.296. The molecule has 1 unspecified atom stereocenters. The first kappa shape index (κ1) is 10.1. The van der Waals surface area contributed by atoms with Crippen molar-refractivity contribution in [3.8, 4) is 0 Å². The summed E-state index contributed by atoms with van der Waals surface area (Å²) in [6, 6.07) is 0. The standard InChI is InChI=1S/C9H15N3O/c1-8(6-13)2-10-3-9-4-11-7-12-5-9/h4-5,7-8,10,13H,2-3,6H2,1H3. The van der Waals surface area contributed by atoms with Crippen molar-refractivity contribution in [2.75, 3.05) is 13.2 Å². The molecule has 0 aliphatic rings. The molecule has 1 atom stereocenters. The van der Waals surface area contributed by atoms with Gasteiger partial charge in [-0.25, -0.2) is 9.97 Å². The molecule has 13 heavy (non-hydrogen) atoms. The van der Waals surface area contributed by atoms with Gasteiger partial charge in [0.2, 0.25) is 0 Å². The lowest BCUT2D eigenvalue weighted by Gasteiger charge is -2.08. The van der Waals surface area contributed by atoms with Crippen LogP contribution >= 0.6 is 0 Å². The Hall–Kier alpha value is -1.00. The maximum Gasteiger partial charge on any atom is 0.115 e. The maximum absolute atomic E-state index is 8.77. The summed E-state index contributed by atoms with van der Waals surface area (Å²) < 4.78 is 0. The Kier molecular flexibility index (Phi) is 4.35. The minimum Gasteiger partial charge on any atom is -0.396 e. The smallest absolute Gasteiger partial charge is 0.115 e. The number of rotatable bonds is 5. The molecule has 2 N–H and O–H groups in total. The Morgan fingerprint density at radius 1 is 1.46 bits per heavy atom. The van der Waals surface area contributed by atoms with Crippen molar-refractivity contribution in [2.24, 2.45) is 5.92 Å². The molecule has 0 aliphatic carbocycles. The summed E-state index contributed by atoms with van der Waals surface area (Å²) in [4.78, 5) is 7.80. The Balaban J connectivity index is 2.20. The van der Waals surface area contributed by atoms with E-state index in [9.17, 15) is 0 Å². The summed E-state index contributed by atoms with van der Waals surface area (Å²) in [5.41, 5.74) is 1.06. The Labute approximate surface area is 78.0 Å². The highest BCUT2D eigenvalue weighted by atomic mass is 16.3. The zero-order valence-electron chi connectivity index (χ0n) is 7.77. The molecule has 0 bridgehead atoms. The minimum atomic E-state index is 0.221. The van der Waals surface area contributed by atoms with Crippen LogP contribution in [0, 0.1) is 5.92 Å². The van der Waals surface area contributed by atoms with Crippen LogP contribution in [0.2, 0.25) is 0 Å². The molecule has 0 spiro atoms. The molecule has 0 amide bonds. The van der Waals surface area contributed by atoms with Gasteiger partial charge in [0.1, 0.15) is 6.33 Å². The van der Waals surface area contributed by atoms with Crippen LogP contribution in [-0.2, 0) is 6.54 Å². The van der Waals surface area contributed by atoms with Gasteiger partial charge in [0.15, 0.2) is 0 Å². The fourth-order valence-electron chi connectivity index (χ4n) is 0.949. The quantitative estimate of drug-likeness (QED) is 0.681. The van der Waals surface area contributed by atoms with Crippen molar-refractivity contribution < 1.29 is 5.11 Å². The van der Waals surface area contributed by atoms with Crippen LogP contribution in [-0.4, -0.2) is 28.2 Å². The van der Waals surface area contributed by atoms with E-state index in [2.05, 4.69) is 15.3 Å². The number of aliphatic hydroxyl groups excluding tert-OH is 1. The monoisotopic (exact) mass is 181 g/mol. The van der Waals surface area contributed by atoms with Crippen LogP contribution in [0.1, 0.15) is 12.5 Å². The van der Waals surface area contributed by atoms with E-state index in [1.807, 2.05) is 6.92 Å². The summed E-state index contributed by atoms with van der Waals surface area (Å²) in [7, 11) is 0. The minimum absolute atomic E-state index is 0.221. The van der Waals surface area contributed by atoms with Crippen LogP contribution in [0.25, 0.3) is 0 Å². The number of hydrogen-bond acceptors (Lipinski definition) is 4. The molecular weight excluding hydrogens is 166 g/mol. The molecule has 0 aromatic carbocycles. The Morgan fingerprint density at radius 2 is 2.15 bits per heavy atom. The van der Waals surface area contributed by atoms with Crippen LogP contribution in [0.5, 0.6) is 0 Å². The summed E-state index contributed by atoms with van der Waals surface area (Å²) in [6.45, 7) is 3.78. The molecule has 72 valence electrons. The fraction of sp³-hybridized carbons (Fsp3) is 0.556. The van der Waals surface area contributed by atoms with E-state index in [0.717, 1.165) is 18.7 Å². The van der Waals surface area contributed by atoms with Crippen LogP contribution in [0.3, 0.4) is 0 Å². The van der Waals surface area contributed by atoms with Gasteiger partial charge in [0.25, 0.3) is 0 Å². The topological polar surface area (TPSA) is 58.0 Å². The van der Waals surface area contributed by atoms with Gasteiger partial charge in [-0.1, -0.05) is 6.92 Å². The highest BCUT2D eigenvalue weighted by Gasteiger charge is 1.98. The predicted octanol–water partition coefficient (Wildman–Crippen LogP) is 0.195. The predicted molar refractivity (Wildman–Crippen MR) is 50.0 cm³/mol. The van der Waals surface area contributed by atoms with E-state index in [1.54, 1.807) is 12.4 Å². The largest absolute Gasteiger partial charge is 0.396 e. The van der Waals surface area contributed by atoms with Crippen LogP contribution in [0.4, 0.5) is 0 Å². The molecule has 0 aliphatic heterocycles. The number of hydrogen-bond donors (Lipinski definition) is 2. The number of nitrogens with one attached hydrogen (secondary N) is 1. The first-order valence-electron chi connectivity index (χ1n) is 4.38. The average molecular weight is 181 g/mol. The number of aliphatic hydroxyl groups is 1. The molecule has 0 saturated carbocycles. The third-order valence-corrected chi connectivity index (χ3v) is 1.75. The van der Waals surface area contributed by atoms with Gasteiger partial charge in [0.05, 0.1) is 0 Å². The van der Waals surface area contributed by atoms with E-state index in [0.29, 0.717) is 5.92 Å². The second-order valence-corrected chi connectivity index (χ2v) is 3.17. The zero-order chi connectivity index (χ0) is 9.52. The molecule has 0 radical (unpaired) electrons. The molecule has 1 aromatic heterocycles.